The number of aromatic nitrogens is 1. The zero-order valence-corrected chi connectivity index (χ0v) is 19.9. The topological polar surface area (TPSA) is 88.2 Å². The first kappa shape index (κ1) is 23.6. The number of aryl methyl sites for hydroxylation is 2. The summed E-state index contributed by atoms with van der Waals surface area (Å²) in [7, 11) is 0. The van der Waals surface area contributed by atoms with Crippen molar-refractivity contribution in [1.29, 1.82) is 0 Å². The van der Waals surface area contributed by atoms with Gasteiger partial charge in [0, 0.05) is 31.9 Å². The second-order valence-electron chi connectivity index (χ2n) is 8.59. The molecule has 34 heavy (non-hydrogen) atoms. The molecule has 1 saturated heterocycles. The van der Waals surface area contributed by atoms with Crippen LogP contribution in [-0.4, -0.2) is 58.4 Å². The van der Waals surface area contributed by atoms with E-state index in [-0.39, 0.29) is 23.9 Å². The van der Waals surface area contributed by atoms with Gasteiger partial charge in [-0.15, -0.1) is 0 Å². The molecule has 1 aromatic carbocycles. The number of ether oxygens (including phenoxy) is 1. The highest BCUT2D eigenvalue weighted by Crippen LogP contribution is 2.33. The molecule has 0 unspecified atom stereocenters. The molecule has 1 atom stereocenters. The highest BCUT2D eigenvalue weighted by molar-refractivity contribution is 5.67. The van der Waals surface area contributed by atoms with Gasteiger partial charge in [-0.05, 0) is 44.5 Å². The van der Waals surface area contributed by atoms with E-state index in [1.54, 1.807) is 41.7 Å². The van der Waals surface area contributed by atoms with Crippen LogP contribution in [0.3, 0.4) is 0 Å². The number of pyridine rings is 1. The van der Waals surface area contributed by atoms with Crippen molar-refractivity contribution in [3.8, 4) is 5.75 Å². The van der Waals surface area contributed by atoms with E-state index < -0.39 is 6.04 Å². The summed E-state index contributed by atoms with van der Waals surface area (Å²) in [5.41, 5.74) is 2.74. The number of nitrogens with zero attached hydrogens (tertiary/aromatic N) is 3. The number of carbonyl (C=O) groups excluding carboxylic acids is 1. The molecule has 3 heterocycles. The summed E-state index contributed by atoms with van der Waals surface area (Å²) in [6.07, 6.45) is 1.25. The number of carbonyl (C=O) groups is 1. The Labute approximate surface area is 199 Å². The average Bonchev–Trinajstić information content (AvgIpc) is 3.34. The van der Waals surface area contributed by atoms with Crippen molar-refractivity contribution in [3.63, 3.8) is 0 Å². The molecule has 1 amide bonds. The van der Waals surface area contributed by atoms with E-state index in [0.717, 1.165) is 11.1 Å². The maximum atomic E-state index is 13.8. The van der Waals surface area contributed by atoms with Gasteiger partial charge >= 0.3 is 6.09 Å². The summed E-state index contributed by atoms with van der Waals surface area (Å²) >= 11 is 0. The first-order valence-electron chi connectivity index (χ1n) is 11.6. The van der Waals surface area contributed by atoms with E-state index in [1.165, 1.54) is 0 Å². The van der Waals surface area contributed by atoms with Crippen LogP contribution in [0, 0.1) is 13.8 Å². The largest absolute Gasteiger partial charge is 0.507 e. The maximum Gasteiger partial charge on any atom is 0.409 e. The maximum absolute atomic E-state index is 13.8. The number of piperazine rings is 1. The zero-order valence-electron chi connectivity index (χ0n) is 19.9. The first-order valence-corrected chi connectivity index (χ1v) is 11.6. The van der Waals surface area contributed by atoms with Crippen LogP contribution in [0.5, 0.6) is 5.75 Å². The molecule has 8 nitrogen and oxygen atoms in total. The van der Waals surface area contributed by atoms with Crippen LogP contribution in [0.25, 0.3) is 0 Å². The minimum absolute atomic E-state index is 0.0309. The first-order chi connectivity index (χ1) is 16.4. The van der Waals surface area contributed by atoms with E-state index in [9.17, 15) is 14.7 Å². The van der Waals surface area contributed by atoms with E-state index in [2.05, 4.69) is 4.90 Å². The van der Waals surface area contributed by atoms with Crippen LogP contribution >= 0.6 is 0 Å². The monoisotopic (exact) mass is 465 g/mol. The highest BCUT2D eigenvalue weighted by atomic mass is 16.6. The Morgan fingerprint density at radius 2 is 1.82 bits per heavy atom. The lowest BCUT2D eigenvalue weighted by molar-refractivity contribution is 0.0709. The third-order valence-electron chi connectivity index (χ3n) is 6.29. The predicted octanol–water partition coefficient (Wildman–Crippen LogP) is 3.68. The highest BCUT2D eigenvalue weighted by Gasteiger charge is 2.32. The van der Waals surface area contributed by atoms with Gasteiger partial charge in [0.1, 0.15) is 11.5 Å². The normalized spacial score (nSPS) is 15.3. The molecular formula is C26H31N3O5. The smallest absolute Gasteiger partial charge is 0.409 e. The Kier molecular flexibility index (Phi) is 7.07. The molecule has 1 N–H and O–H groups in total. The second kappa shape index (κ2) is 10.2. The number of furan rings is 1. The molecule has 3 aromatic rings. The molecule has 0 spiro atoms. The standard InChI is InChI=1S/C26H31N3O5/c1-4-33-26(32)28-13-11-27(12-14-28)24(20-9-7-18(2)8-10-20)23-22(30)16-19(3)29(25(23)31)17-21-6-5-15-34-21/h5-10,15-16,24,30H,4,11-14,17H2,1-3H3/t24-/m1/s1. The zero-order chi connectivity index (χ0) is 24.2. The lowest BCUT2D eigenvalue weighted by atomic mass is 9.95. The van der Waals surface area contributed by atoms with Crippen molar-refractivity contribution in [2.24, 2.45) is 0 Å². The van der Waals surface area contributed by atoms with Crippen molar-refractivity contribution < 1.29 is 19.1 Å². The number of rotatable bonds is 6. The molecule has 0 saturated carbocycles. The lowest BCUT2D eigenvalue weighted by Crippen LogP contribution is -2.50. The van der Waals surface area contributed by atoms with E-state index >= 15 is 0 Å². The van der Waals surface area contributed by atoms with E-state index in [0.29, 0.717) is 49.8 Å². The molecule has 1 fully saturated rings. The molecule has 0 aliphatic carbocycles. The number of amides is 1. The molecule has 2 aromatic heterocycles. The Bertz CT molecular complexity index is 1180. The van der Waals surface area contributed by atoms with Crippen molar-refractivity contribution in [1.82, 2.24) is 14.4 Å². The van der Waals surface area contributed by atoms with Gasteiger partial charge in [0.25, 0.3) is 5.56 Å². The van der Waals surface area contributed by atoms with Gasteiger partial charge in [0.05, 0.1) is 31.0 Å². The third kappa shape index (κ3) is 4.87. The number of aromatic hydroxyl groups is 1. The summed E-state index contributed by atoms with van der Waals surface area (Å²) in [5, 5.41) is 11.0. The molecule has 8 heteroatoms. The third-order valence-corrected chi connectivity index (χ3v) is 6.29. The molecule has 4 rings (SSSR count). The fourth-order valence-corrected chi connectivity index (χ4v) is 4.47. The summed E-state index contributed by atoms with van der Waals surface area (Å²) in [5.74, 6) is 0.633. The second-order valence-corrected chi connectivity index (χ2v) is 8.59. The van der Waals surface area contributed by atoms with Crippen LogP contribution in [0.15, 0.2) is 57.9 Å². The lowest BCUT2D eigenvalue weighted by Gasteiger charge is -2.39. The minimum Gasteiger partial charge on any atom is -0.507 e. The van der Waals surface area contributed by atoms with Crippen LogP contribution in [0.2, 0.25) is 0 Å². The molecule has 1 aliphatic rings. The van der Waals surface area contributed by atoms with Crippen LogP contribution in [0.4, 0.5) is 4.79 Å². The fourth-order valence-electron chi connectivity index (χ4n) is 4.47. The fraction of sp³-hybridized carbons (Fsp3) is 0.385. The van der Waals surface area contributed by atoms with Crippen molar-refractivity contribution in [2.45, 2.75) is 33.4 Å². The van der Waals surface area contributed by atoms with Gasteiger partial charge in [-0.2, -0.15) is 0 Å². The van der Waals surface area contributed by atoms with Gasteiger partial charge in [0.15, 0.2) is 0 Å². The van der Waals surface area contributed by atoms with Crippen molar-refractivity contribution in [3.05, 3.63) is 87.2 Å². The van der Waals surface area contributed by atoms with Crippen molar-refractivity contribution >= 4 is 6.09 Å². The Balaban J connectivity index is 1.74. The van der Waals surface area contributed by atoms with Gasteiger partial charge in [-0.1, -0.05) is 29.8 Å². The molecule has 0 radical (unpaired) electrons. The number of hydrogen-bond acceptors (Lipinski definition) is 6. The van der Waals surface area contributed by atoms with Gasteiger partial charge in [-0.3, -0.25) is 9.69 Å². The Morgan fingerprint density at radius 1 is 1.12 bits per heavy atom. The number of benzene rings is 1. The molecular weight excluding hydrogens is 434 g/mol. The Hall–Kier alpha value is -3.52. The summed E-state index contributed by atoms with van der Waals surface area (Å²) in [6, 6.07) is 12.8. The van der Waals surface area contributed by atoms with Gasteiger partial charge < -0.3 is 23.7 Å². The average molecular weight is 466 g/mol. The van der Waals surface area contributed by atoms with E-state index in [1.807, 2.05) is 37.3 Å². The SMILES string of the molecule is CCOC(=O)N1CCN([C@H](c2ccc(C)cc2)c2c(O)cc(C)n(Cc3ccco3)c2=O)CC1. The molecule has 180 valence electrons. The summed E-state index contributed by atoms with van der Waals surface area (Å²) in [6.45, 7) is 8.26. The van der Waals surface area contributed by atoms with Crippen LogP contribution in [0.1, 0.15) is 41.1 Å². The van der Waals surface area contributed by atoms with Crippen LogP contribution < -0.4 is 5.56 Å². The Morgan fingerprint density at radius 3 is 2.44 bits per heavy atom. The van der Waals surface area contributed by atoms with Crippen molar-refractivity contribution in [2.75, 3.05) is 32.8 Å². The minimum atomic E-state index is -0.458. The van der Waals surface area contributed by atoms with Crippen LogP contribution in [-0.2, 0) is 11.3 Å². The molecule has 1 aliphatic heterocycles. The van der Waals surface area contributed by atoms with E-state index in [4.69, 9.17) is 9.15 Å². The van der Waals surface area contributed by atoms with Gasteiger partial charge in [-0.25, -0.2) is 4.79 Å². The molecule has 0 bridgehead atoms. The predicted molar refractivity (Wildman–Crippen MR) is 128 cm³/mol. The van der Waals surface area contributed by atoms with Gasteiger partial charge in [0.2, 0.25) is 0 Å². The quantitative estimate of drug-likeness (QED) is 0.598. The summed E-state index contributed by atoms with van der Waals surface area (Å²) in [4.78, 5) is 29.8. The number of hydrogen-bond donors (Lipinski definition) is 1. The summed E-state index contributed by atoms with van der Waals surface area (Å²) < 4.78 is 12.2.